The van der Waals surface area contributed by atoms with Crippen LogP contribution in [0.15, 0.2) is 23.2 Å². The lowest BCUT2D eigenvalue weighted by Gasteiger charge is -2.13. The molecule has 0 spiro atoms. The van der Waals surface area contributed by atoms with Crippen LogP contribution in [0.4, 0.5) is 0 Å². The second-order valence-corrected chi connectivity index (χ2v) is 6.10. The van der Waals surface area contributed by atoms with Gasteiger partial charge >= 0.3 is 0 Å². The van der Waals surface area contributed by atoms with Crippen LogP contribution in [0.5, 0.6) is 11.5 Å². The SMILES string of the molecule is CCOc1cc(CCCNC(=NC)NCc2nnc(C)n2C)ccc1OC.I. The molecule has 2 aromatic rings. The fourth-order valence-corrected chi connectivity index (χ4v) is 2.63. The molecule has 156 valence electrons. The van der Waals surface area contributed by atoms with Crippen LogP contribution in [0.25, 0.3) is 0 Å². The molecule has 0 aliphatic heterocycles. The molecule has 0 aliphatic carbocycles. The van der Waals surface area contributed by atoms with Crippen molar-refractivity contribution < 1.29 is 9.47 Å². The minimum Gasteiger partial charge on any atom is -0.493 e. The summed E-state index contributed by atoms with van der Waals surface area (Å²) in [5, 5.41) is 14.8. The Balaban J connectivity index is 0.00000392. The summed E-state index contributed by atoms with van der Waals surface area (Å²) in [6.45, 7) is 5.91. The lowest BCUT2D eigenvalue weighted by atomic mass is 10.1. The quantitative estimate of drug-likeness (QED) is 0.237. The van der Waals surface area contributed by atoms with E-state index in [1.165, 1.54) is 5.56 Å². The van der Waals surface area contributed by atoms with E-state index in [1.54, 1.807) is 14.2 Å². The number of ether oxygens (including phenoxy) is 2. The number of aromatic nitrogens is 3. The molecule has 2 N–H and O–H groups in total. The van der Waals surface area contributed by atoms with Crippen LogP contribution in [0.1, 0.15) is 30.6 Å². The molecule has 1 aromatic carbocycles. The van der Waals surface area contributed by atoms with E-state index in [2.05, 4.69) is 31.9 Å². The van der Waals surface area contributed by atoms with Gasteiger partial charge in [0.2, 0.25) is 0 Å². The van der Waals surface area contributed by atoms with Gasteiger partial charge in [0, 0.05) is 20.6 Å². The first-order valence-corrected chi connectivity index (χ1v) is 9.18. The van der Waals surface area contributed by atoms with E-state index in [9.17, 15) is 0 Å². The lowest BCUT2D eigenvalue weighted by molar-refractivity contribution is 0.310. The van der Waals surface area contributed by atoms with Crippen molar-refractivity contribution in [2.24, 2.45) is 12.0 Å². The number of aryl methyl sites for hydroxylation is 2. The minimum atomic E-state index is 0. The number of hydrogen-bond donors (Lipinski definition) is 2. The number of nitrogens with one attached hydrogen (secondary N) is 2. The highest BCUT2D eigenvalue weighted by Gasteiger charge is 2.07. The summed E-state index contributed by atoms with van der Waals surface area (Å²) in [7, 11) is 5.37. The van der Waals surface area contributed by atoms with Crippen molar-refractivity contribution in [3.8, 4) is 11.5 Å². The Kier molecular flexibility index (Phi) is 10.6. The lowest BCUT2D eigenvalue weighted by Crippen LogP contribution is -2.38. The highest BCUT2D eigenvalue weighted by molar-refractivity contribution is 14.0. The van der Waals surface area contributed by atoms with Crippen molar-refractivity contribution in [2.45, 2.75) is 33.2 Å². The van der Waals surface area contributed by atoms with Gasteiger partial charge in [-0.2, -0.15) is 0 Å². The maximum atomic E-state index is 5.63. The minimum absolute atomic E-state index is 0. The highest BCUT2D eigenvalue weighted by atomic mass is 127. The van der Waals surface area contributed by atoms with Gasteiger partial charge in [-0.3, -0.25) is 4.99 Å². The molecule has 0 saturated carbocycles. The fraction of sp³-hybridized carbons (Fsp3) is 0.526. The third kappa shape index (κ3) is 6.84. The second-order valence-electron chi connectivity index (χ2n) is 6.10. The highest BCUT2D eigenvalue weighted by Crippen LogP contribution is 2.28. The molecule has 0 saturated heterocycles. The van der Waals surface area contributed by atoms with Crippen LogP contribution < -0.4 is 20.1 Å². The van der Waals surface area contributed by atoms with E-state index in [0.717, 1.165) is 48.5 Å². The molecule has 1 heterocycles. The summed E-state index contributed by atoms with van der Waals surface area (Å²) in [6, 6.07) is 6.08. The standard InChI is InChI=1S/C19H30N6O2.HI/c1-6-27-17-12-15(9-10-16(17)26-5)8-7-11-21-19(20-3)22-13-18-24-23-14(2)25(18)4;/h9-10,12H,6-8,11,13H2,1-5H3,(H2,20,21,22);1H. The molecule has 1 aromatic heterocycles. The molecule has 0 radical (unpaired) electrons. The molecule has 0 unspecified atom stereocenters. The van der Waals surface area contributed by atoms with E-state index in [4.69, 9.17) is 9.47 Å². The molecule has 2 rings (SSSR count). The molecule has 9 heteroatoms. The van der Waals surface area contributed by atoms with E-state index in [-0.39, 0.29) is 24.0 Å². The van der Waals surface area contributed by atoms with E-state index < -0.39 is 0 Å². The first-order valence-electron chi connectivity index (χ1n) is 9.18. The van der Waals surface area contributed by atoms with Gasteiger partial charge in [-0.05, 0) is 44.4 Å². The summed E-state index contributed by atoms with van der Waals surface area (Å²) >= 11 is 0. The summed E-state index contributed by atoms with van der Waals surface area (Å²) in [5.74, 6) is 4.07. The topological polar surface area (TPSA) is 85.6 Å². The Morgan fingerprint density at radius 2 is 2.00 bits per heavy atom. The van der Waals surface area contributed by atoms with Crippen molar-refractivity contribution in [1.29, 1.82) is 0 Å². The summed E-state index contributed by atoms with van der Waals surface area (Å²) in [6.07, 6.45) is 1.91. The summed E-state index contributed by atoms with van der Waals surface area (Å²) in [4.78, 5) is 4.25. The van der Waals surface area contributed by atoms with Crippen molar-refractivity contribution in [1.82, 2.24) is 25.4 Å². The third-order valence-corrected chi connectivity index (χ3v) is 4.28. The molecule has 0 aliphatic rings. The second kappa shape index (κ2) is 12.4. The zero-order chi connectivity index (χ0) is 19.6. The third-order valence-electron chi connectivity index (χ3n) is 4.28. The van der Waals surface area contributed by atoms with Gasteiger partial charge in [0.1, 0.15) is 5.82 Å². The van der Waals surface area contributed by atoms with Gasteiger partial charge in [0.15, 0.2) is 23.3 Å². The molecule has 0 bridgehead atoms. The van der Waals surface area contributed by atoms with Gasteiger partial charge in [-0.1, -0.05) is 6.07 Å². The number of rotatable bonds is 9. The smallest absolute Gasteiger partial charge is 0.191 e. The van der Waals surface area contributed by atoms with Gasteiger partial charge in [-0.25, -0.2) is 0 Å². The van der Waals surface area contributed by atoms with Gasteiger partial charge in [-0.15, -0.1) is 34.2 Å². The normalized spacial score (nSPS) is 11.0. The molecule has 0 fully saturated rings. The predicted octanol–water partition coefficient (Wildman–Crippen LogP) is 2.45. The maximum absolute atomic E-state index is 5.63. The van der Waals surface area contributed by atoms with Gasteiger partial charge in [0.25, 0.3) is 0 Å². The van der Waals surface area contributed by atoms with E-state index >= 15 is 0 Å². The summed E-state index contributed by atoms with van der Waals surface area (Å²) in [5.41, 5.74) is 1.22. The molecule has 28 heavy (non-hydrogen) atoms. The number of guanidine groups is 1. The van der Waals surface area contributed by atoms with Crippen molar-refractivity contribution in [2.75, 3.05) is 27.3 Å². The maximum Gasteiger partial charge on any atom is 0.191 e. The number of benzene rings is 1. The number of hydrogen-bond acceptors (Lipinski definition) is 5. The Morgan fingerprint density at radius 1 is 1.21 bits per heavy atom. The number of halogens is 1. The first-order chi connectivity index (χ1) is 13.1. The number of aliphatic imine (C=N–C) groups is 1. The van der Waals surface area contributed by atoms with E-state index in [1.807, 2.05) is 37.6 Å². The number of methoxy groups -OCH3 is 1. The fourth-order valence-electron chi connectivity index (χ4n) is 2.63. The van der Waals surface area contributed by atoms with Crippen LogP contribution in [0.3, 0.4) is 0 Å². The molecule has 0 amide bonds. The summed E-state index contributed by atoms with van der Waals surface area (Å²) < 4.78 is 12.9. The average Bonchev–Trinajstić information content (AvgIpc) is 3.00. The van der Waals surface area contributed by atoms with Crippen molar-refractivity contribution in [3.63, 3.8) is 0 Å². The van der Waals surface area contributed by atoms with Crippen LogP contribution >= 0.6 is 24.0 Å². The van der Waals surface area contributed by atoms with Crippen LogP contribution in [0.2, 0.25) is 0 Å². The zero-order valence-corrected chi connectivity index (χ0v) is 19.6. The largest absolute Gasteiger partial charge is 0.493 e. The number of nitrogens with zero attached hydrogens (tertiary/aromatic N) is 4. The Bertz CT molecular complexity index is 763. The Hall–Kier alpha value is -2.04. The van der Waals surface area contributed by atoms with Crippen LogP contribution in [-0.4, -0.2) is 48.0 Å². The average molecular weight is 502 g/mol. The van der Waals surface area contributed by atoms with Crippen molar-refractivity contribution in [3.05, 3.63) is 35.4 Å². The monoisotopic (exact) mass is 502 g/mol. The molecule has 0 atom stereocenters. The van der Waals surface area contributed by atoms with Crippen molar-refractivity contribution >= 4 is 29.9 Å². The molecular weight excluding hydrogens is 471 g/mol. The first kappa shape index (κ1) is 24.0. The van der Waals surface area contributed by atoms with Crippen LogP contribution in [-0.2, 0) is 20.0 Å². The predicted molar refractivity (Wildman–Crippen MR) is 122 cm³/mol. The molecular formula is C19H31IN6O2. The zero-order valence-electron chi connectivity index (χ0n) is 17.3. The van der Waals surface area contributed by atoms with Gasteiger partial charge in [0.05, 0.1) is 20.3 Å². The Morgan fingerprint density at radius 3 is 2.61 bits per heavy atom. The molecule has 8 nitrogen and oxygen atoms in total. The van der Waals surface area contributed by atoms with E-state index in [0.29, 0.717) is 13.2 Å². The Labute approximate surface area is 184 Å². The van der Waals surface area contributed by atoms with Gasteiger partial charge < -0.3 is 24.7 Å². The van der Waals surface area contributed by atoms with Crippen LogP contribution in [0, 0.1) is 6.92 Å².